The van der Waals surface area contributed by atoms with Crippen LogP contribution in [-0.4, -0.2) is 15.3 Å². The average Bonchev–Trinajstić information content (AvgIpc) is 2.94. The van der Waals surface area contributed by atoms with Gasteiger partial charge < -0.3 is 4.57 Å². The fourth-order valence-corrected chi connectivity index (χ4v) is 4.76. The van der Waals surface area contributed by atoms with Gasteiger partial charge in [0.05, 0.1) is 31.5 Å². The molecule has 0 aliphatic rings. The maximum atomic E-state index is 12.3. The third-order valence-electron chi connectivity index (χ3n) is 2.80. The molecule has 3 nitrogen and oxygen atoms in total. The van der Waals surface area contributed by atoms with Gasteiger partial charge in [0.1, 0.15) is 0 Å². The molecular weight excluding hydrogens is 392 g/mol. The molecule has 96 valence electrons. The number of imidazole rings is 1. The number of halogens is 2. The van der Waals surface area contributed by atoms with Crippen molar-refractivity contribution in [2.24, 2.45) is 0 Å². The quantitative estimate of drug-likeness (QED) is 0.607. The van der Waals surface area contributed by atoms with Crippen LogP contribution in [0.25, 0.3) is 11.0 Å². The molecule has 0 atom stereocenters. The van der Waals surface area contributed by atoms with Gasteiger partial charge in [-0.3, -0.25) is 4.79 Å². The van der Waals surface area contributed by atoms with E-state index in [4.69, 9.17) is 0 Å². The first-order valence-corrected chi connectivity index (χ1v) is 7.93. The van der Waals surface area contributed by atoms with Gasteiger partial charge in [-0.05, 0) is 50.1 Å². The molecule has 0 fully saturated rings. The normalized spacial score (nSPS) is 11.1. The van der Waals surface area contributed by atoms with Gasteiger partial charge in [0.25, 0.3) is 0 Å². The molecule has 0 N–H and O–H groups in total. The van der Waals surface area contributed by atoms with Gasteiger partial charge in [0, 0.05) is 5.56 Å². The molecule has 0 spiro atoms. The topological polar surface area (TPSA) is 34.9 Å². The van der Waals surface area contributed by atoms with E-state index in [0.29, 0.717) is 12.1 Å². The first-order valence-electron chi connectivity index (χ1n) is 5.53. The molecule has 0 saturated carbocycles. The van der Waals surface area contributed by atoms with E-state index in [1.165, 1.54) is 11.3 Å². The lowest BCUT2D eigenvalue weighted by Crippen LogP contribution is -2.09. The predicted molar refractivity (Wildman–Crippen MR) is 83.8 cm³/mol. The third kappa shape index (κ3) is 2.52. The smallest absolute Gasteiger partial charge is 0.184 e. The van der Waals surface area contributed by atoms with Gasteiger partial charge in [0.15, 0.2) is 5.78 Å². The Kier molecular flexibility index (Phi) is 3.56. The van der Waals surface area contributed by atoms with E-state index in [-0.39, 0.29) is 5.78 Å². The lowest BCUT2D eigenvalue weighted by molar-refractivity contribution is 0.0973. The number of ketones is 1. The van der Waals surface area contributed by atoms with Crippen LogP contribution in [0.5, 0.6) is 0 Å². The summed E-state index contributed by atoms with van der Waals surface area (Å²) >= 11 is 8.30. The van der Waals surface area contributed by atoms with Gasteiger partial charge in [-0.25, -0.2) is 4.98 Å². The van der Waals surface area contributed by atoms with E-state index in [2.05, 4.69) is 36.8 Å². The van der Waals surface area contributed by atoms with E-state index in [1.807, 2.05) is 34.9 Å². The Morgan fingerprint density at radius 1 is 1.32 bits per heavy atom. The summed E-state index contributed by atoms with van der Waals surface area (Å²) in [5.74, 6) is 0.0666. The van der Waals surface area contributed by atoms with E-state index < -0.39 is 0 Å². The van der Waals surface area contributed by atoms with Crippen LogP contribution in [-0.2, 0) is 6.54 Å². The number of rotatable bonds is 3. The molecule has 0 bridgehead atoms. The number of hydrogen-bond donors (Lipinski definition) is 0. The molecule has 0 amide bonds. The summed E-state index contributed by atoms with van der Waals surface area (Å²) in [5, 5.41) is 0. The molecule has 2 heterocycles. The number of benzene rings is 1. The van der Waals surface area contributed by atoms with Crippen LogP contribution in [0, 0.1) is 0 Å². The first kappa shape index (κ1) is 13.0. The molecule has 0 unspecified atom stereocenters. The average molecular weight is 400 g/mol. The highest BCUT2D eigenvalue weighted by Gasteiger charge is 2.15. The van der Waals surface area contributed by atoms with Crippen molar-refractivity contribution in [1.82, 2.24) is 9.55 Å². The Bertz CT molecular complexity index is 763. The number of thiophene rings is 1. The number of aromatic nitrogens is 2. The van der Waals surface area contributed by atoms with Gasteiger partial charge in [-0.1, -0.05) is 12.1 Å². The second-order valence-corrected chi connectivity index (χ2v) is 7.77. The summed E-state index contributed by atoms with van der Waals surface area (Å²) in [6, 6.07) is 9.63. The van der Waals surface area contributed by atoms with Gasteiger partial charge >= 0.3 is 0 Å². The van der Waals surface area contributed by atoms with Crippen LogP contribution in [0.4, 0.5) is 0 Å². The molecule has 2 aromatic heterocycles. The van der Waals surface area contributed by atoms with Crippen molar-refractivity contribution >= 4 is 60.0 Å². The molecule has 0 aliphatic carbocycles. The number of para-hydroxylation sites is 2. The fraction of sp³-hybridized carbons (Fsp3) is 0.0769. The highest BCUT2D eigenvalue weighted by atomic mass is 79.9. The number of fused-ring (bicyclic) bond motifs is 1. The maximum absolute atomic E-state index is 12.3. The number of carbonyl (C=O) groups excluding carboxylic acids is 1. The summed E-state index contributed by atoms with van der Waals surface area (Å²) < 4.78 is 3.67. The number of hydrogen-bond acceptors (Lipinski definition) is 3. The Morgan fingerprint density at radius 2 is 2.11 bits per heavy atom. The van der Waals surface area contributed by atoms with Crippen LogP contribution in [0.1, 0.15) is 10.4 Å². The largest absolute Gasteiger partial charge is 0.323 e. The van der Waals surface area contributed by atoms with E-state index in [0.717, 1.165) is 18.6 Å². The molecule has 0 aliphatic heterocycles. The SMILES string of the molecule is O=C(Cn1cnc2ccccc21)c1cc(Br)sc1Br. The molecule has 6 heteroatoms. The van der Waals surface area contributed by atoms with E-state index >= 15 is 0 Å². The molecule has 3 aromatic rings. The highest BCUT2D eigenvalue weighted by Crippen LogP contribution is 2.32. The minimum Gasteiger partial charge on any atom is -0.323 e. The number of carbonyl (C=O) groups is 1. The minimum atomic E-state index is 0.0666. The Balaban J connectivity index is 1.93. The van der Waals surface area contributed by atoms with Crippen LogP contribution in [0.2, 0.25) is 0 Å². The zero-order valence-electron chi connectivity index (χ0n) is 9.64. The van der Waals surface area contributed by atoms with Gasteiger partial charge in [0.2, 0.25) is 0 Å². The summed E-state index contributed by atoms with van der Waals surface area (Å²) in [6.07, 6.45) is 1.71. The lowest BCUT2D eigenvalue weighted by Gasteiger charge is -2.02. The summed E-state index contributed by atoms with van der Waals surface area (Å²) in [5.41, 5.74) is 2.58. The Morgan fingerprint density at radius 3 is 2.84 bits per heavy atom. The Labute approximate surface area is 130 Å². The van der Waals surface area contributed by atoms with Crippen LogP contribution in [0.15, 0.2) is 44.2 Å². The zero-order chi connectivity index (χ0) is 13.4. The summed E-state index contributed by atoms with van der Waals surface area (Å²) in [7, 11) is 0. The van der Waals surface area contributed by atoms with Crippen molar-refractivity contribution in [3.63, 3.8) is 0 Å². The lowest BCUT2D eigenvalue weighted by atomic mass is 10.2. The first-order chi connectivity index (χ1) is 9.15. The van der Waals surface area contributed by atoms with Gasteiger partial charge in [-0.15, -0.1) is 11.3 Å². The number of nitrogens with zero attached hydrogens (tertiary/aromatic N) is 2. The summed E-state index contributed by atoms with van der Waals surface area (Å²) in [4.78, 5) is 16.6. The Hall–Kier alpha value is -0.980. The van der Waals surface area contributed by atoms with Crippen molar-refractivity contribution < 1.29 is 4.79 Å². The van der Waals surface area contributed by atoms with E-state index in [1.54, 1.807) is 6.33 Å². The van der Waals surface area contributed by atoms with Crippen molar-refractivity contribution in [2.45, 2.75) is 6.54 Å². The molecule has 1 aromatic carbocycles. The maximum Gasteiger partial charge on any atom is 0.184 e. The predicted octanol–water partition coefficient (Wildman–Crippen LogP) is 4.51. The van der Waals surface area contributed by atoms with Crippen LogP contribution < -0.4 is 0 Å². The highest BCUT2D eigenvalue weighted by molar-refractivity contribution is 9.12. The minimum absolute atomic E-state index is 0.0666. The van der Waals surface area contributed by atoms with Gasteiger partial charge in [-0.2, -0.15) is 0 Å². The number of Topliss-reactive ketones (excluding diaryl/α,β-unsaturated/α-hetero) is 1. The molecule has 3 rings (SSSR count). The third-order valence-corrected chi connectivity index (χ3v) is 5.14. The molecule has 0 saturated heterocycles. The van der Waals surface area contributed by atoms with Crippen LogP contribution >= 0.6 is 43.2 Å². The van der Waals surface area contributed by atoms with E-state index in [9.17, 15) is 4.79 Å². The van der Waals surface area contributed by atoms with Crippen molar-refractivity contribution in [3.8, 4) is 0 Å². The molecular formula is C13H8Br2N2OS. The van der Waals surface area contributed by atoms with Crippen molar-refractivity contribution in [3.05, 3.63) is 49.8 Å². The fourth-order valence-electron chi connectivity index (χ4n) is 1.91. The zero-order valence-corrected chi connectivity index (χ0v) is 13.6. The van der Waals surface area contributed by atoms with Crippen molar-refractivity contribution in [1.29, 1.82) is 0 Å². The second kappa shape index (κ2) is 5.19. The molecule has 19 heavy (non-hydrogen) atoms. The second-order valence-electron chi connectivity index (χ2n) is 4.02. The summed E-state index contributed by atoms with van der Waals surface area (Å²) in [6.45, 7) is 0.294. The van der Waals surface area contributed by atoms with Crippen LogP contribution in [0.3, 0.4) is 0 Å². The monoisotopic (exact) mass is 398 g/mol. The van der Waals surface area contributed by atoms with Crippen molar-refractivity contribution in [2.75, 3.05) is 0 Å². The molecule has 0 radical (unpaired) electrons. The standard InChI is InChI=1S/C13H8Br2N2OS/c14-12-5-8(13(15)19-12)11(18)6-17-7-16-9-3-1-2-4-10(9)17/h1-5,7H,6H2.